The van der Waals surface area contributed by atoms with Gasteiger partial charge < -0.3 is 55.1 Å². The molecule has 0 bridgehead atoms. The van der Waals surface area contributed by atoms with Gasteiger partial charge >= 0.3 is 0 Å². The normalized spacial score (nSPS) is 52.9. The quantitative estimate of drug-likeness (QED) is 0.246. The zero-order chi connectivity index (χ0) is 16.7. The summed E-state index contributed by atoms with van der Waals surface area (Å²) in [6.07, 6.45) is -13.8. The molecule has 2 rings (SSSR count). The summed E-state index contributed by atoms with van der Waals surface area (Å²) in [5, 5.41) is 76.1. The van der Waals surface area contributed by atoms with Crippen LogP contribution in [-0.4, -0.2) is 109 Å². The molecule has 11 heteroatoms. The van der Waals surface area contributed by atoms with Crippen LogP contribution in [0, 0.1) is 0 Å². The summed E-state index contributed by atoms with van der Waals surface area (Å²) in [5.74, 6) is -2.25. The Bertz CT molecular complexity index is 381. The molecule has 0 spiro atoms. The SMILES string of the molecule is OCC1OC(CO)(O[C@@H]2O[C@H](O)[C@@H](O)[C@H](O)[C@H]2O)C(O)C1O. The smallest absolute Gasteiger partial charge is 0.224 e. The molecule has 22 heavy (non-hydrogen) atoms. The minimum Gasteiger partial charge on any atom is -0.394 e. The average Bonchev–Trinajstić information content (AvgIpc) is 2.75. The monoisotopic (exact) mass is 328 g/mol. The molecule has 11 nitrogen and oxygen atoms in total. The molecule has 2 fully saturated rings. The summed E-state index contributed by atoms with van der Waals surface area (Å²) in [5.41, 5.74) is 0. The molecule has 0 amide bonds. The Hall–Kier alpha value is -0.440. The van der Waals surface area contributed by atoms with Gasteiger partial charge in [0.15, 0.2) is 12.6 Å². The van der Waals surface area contributed by atoms with Gasteiger partial charge in [-0.2, -0.15) is 0 Å². The number of aliphatic hydroxyl groups is 8. The largest absolute Gasteiger partial charge is 0.394 e. The van der Waals surface area contributed by atoms with Crippen molar-refractivity contribution < 1.29 is 55.1 Å². The lowest BCUT2D eigenvalue weighted by atomic mass is 10.0. The molecular formula is C11H20O11. The van der Waals surface area contributed by atoms with Gasteiger partial charge in [-0.1, -0.05) is 0 Å². The first-order valence-electron chi connectivity index (χ1n) is 6.58. The highest BCUT2D eigenvalue weighted by Crippen LogP contribution is 2.35. The minimum absolute atomic E-state index is 0.679. The van der Waals surface area contributed by atoms with Gasteiger partial charge in [0.05, 0.1) is 6.61 Å². The molecule has 9 atom stereocenters. The fourth-order valence-corrected chi connectivity index (χ4v) is 2.39. The molecule has 2 heterocycles. The second kappa shape index (κ2) is 6.59. The van der Waals surface area contributed by atoms with E-state index < -0.39 is 68.2 Å². The second-order valence-electron chi connectivity index (χ2n) is 5.23. The zero-order valence-electron chi connectivity index (χ0n) is 11.3. The second-order valence-corrected chi connectivity index (χ2v) is 5.23. The van der Waals surface area contributed by atoms with E-state index in [0.717, 1.165) is 0 Å². The molecule has 0 aliphatic carbocycles. The van der Waals surface area contributed by atoms with Gasteiger partial charge in [-0.25, -0.2) is 0 Å². The van der Waals surface area contributed by atoms with Gasteiger partial charge in [0.2, 0.25) is 5.79 Å². The van der Waals surface area contributed by atoms with Crippen molar-refractivity contribution in [1.29, 1.82) is 0 Å². The predicted molar refractivity (Wildman–Crippen MR) is 63.8 cm³/mol. The molecule has 8 N–H and O–H groups in total. The number of rotatable bonds is 4. The third-order valence-corrected chi connectivity index (χ3v) is 3.77. The van der Waals surface area contributed by atoms with Crippen LogP contribution in [0.5, 0.6) is 0 Å². The van der Waals surface area contributed by atoms with E-state index in [1.807, 2.05) is 0 Å². The molecule has 2 aliphatic rings. The van der Waals surface area contributed by atoms with Crippen molar-refractivity contribution >= 4 is 0 Å². The first-order valence-corrected chi connectivity index (χ1v) is 6.58. The molecular weight excluding hydrogens is 308 g/mol. The van der Waals surface area contributed by atoms with Crippen LogP contribution in [-0.2, 0) is 14.2 Å². The number of hydrogen-bond donors (Lipinski definition) is 8. The van der Waals surface area contributed by atoms with Crippen molar-refractivity contribution in [3.63, 3.8) is 0 Å². The summed E-state index contributed by atoms with van der Waals surface area (Å²) in [7, 11) is 0. The van der Waals surface area contributed by atoms with E-state index in [1.165, 1.54) is 0 Å². The highest BCUT2D eigenvalue weighted by Gasteiger charge is 2.58. The Labute approximate surface area is 124 Å². The maximum absolute atomic E-state index is 9.93. The fraction of sp³-hybridized carbons (Fsp3) is 1.00. The molecule has 0 radical (unpaired) electrons. The Balaban J connectivity index is 2.16. The molecule has 2 saturated heterocycles. The number of ether oxygens (including phenoxy) is 3. The summed E-state index contributed by atoms with van der Waals surface area (Å²) in [6.45, 7) is -1.66. The van der Waals surface area contributed by atoms with Crippen molar-refractivity contribution in [3.8, 4) is 0 Å². The van der Waals surface area contributed by atoms with Crippen LogP contribution in [0.3, 0.4) is 0 Å². The van der Waals surface area contributed by atoms with Gasteiger partial charge in [-0.05, 0) is 0 Å². The summed E-state index contributed by atoms with van der Waals surface area (Å²) in [4.78, 5) is 0. The molecule has 0 aromatic heterocycles. The first-order chi connectivity index (χ1) is 10.3. The highest BCUT2D eigenvalue weighted by atomic mass is 16.8. The van der Waals surface area contributed by atoms with Gasteiger partial charge in [0, 0.05) is 0 Å². The lowest BCUT2D eigenvalue weighted by Gasteiger charge is -2.42. The van der Waals surface area contributed by atoms with Crippen LogP contribution < -0.4 is 0 Å². The molecule has 4 unspecified atom stereocenters. The molecule has 0 aromatic rings. The summed E-state index contributed by atoms with van der Waals surface area (Å²) < 4.78 is 14.9. The van der Waals surface area contributed by atoms with E-state index >= 15 is 0 Å². The van der Waals surface area contributed by atoms with Gasteiger partial charge in [0.25, 0.3) is 0 Å². The maximum atomic E-state index is 9.93. The standard InChI is InChI=1S/C11H20O11/c12-1-3-4(14)8(18)11(2-13,21-3)22-10-7(17)5(15)6(16)9(19)20-10/h3-10,12-19H,1-2H2/t3?,4?,5-,6-,7+,8?,9-,10-,11?/m0/s1. The minimum atomic E-state index is -2.25. The van der Waals surface area contributed by atoms with E-state index in [4.69, 9.17) is 19.3 Å². The topological polar surface area (TPSA) is 190 Å². The van der Waals surface area contributed by atoms with Crippen LogP contribution in [0.2, 0.25) is 0 Å². The lowest BCUT2D eigenvalue weighted by Crippen LogP contribution is -2.62. The zero-order valence-corrected chi connectivity index (χ0v) is 11.3. The first kappa shape index (κ1) is 17.9. The van der Waals surface area contributed by atoms with E-state index in [1.54, 1.807) is 0 Å². The Kier molecular flexibility index (Phi) is 5.36. The van der Waals surface area contributed by atoms with Crippen LogP contribution >= 0.6 is 0 Å². The molecule has 0 saturated carbocycles. The van der Waals surface area contributed by atoms with Crippen LogP contribution in [0.15, 0.2) is 0 Å². The van der Waals surface area contributed by atoms with Crippen molar-refractivity contribution in [2.24, 2.45) is 0 Å². The van der Waals surface area contributed by atoms with E-state index in [2.05, 4.69) is 0 Å². The van der Waals surface area contributed by atoms with Crippen molar-refractivity contribution in [2.75, 3.05) is 13.2 Å². The Morgan fingerprint density at radius 3 is 2.00 bits per heavy atom. The summed E-state index contributed by atoms with van der Waals surface area (Å²) in [6, 6.07) is 0. The van der Waals surface area contributed by atoms with Gasteiger partial charge in [-0.3, -0.25) is 0 Å². The summed E-state index contributed by atoms with van der Waals surface area (Å²) >= 11 is 0. The number of hydrogen-bond acceptors (Lipinski definition) is 11. The van der Waals surface area contributed by atoms with Crippen molar-refractivity contribution in [1.82, 2.24) is 0 Å². The van der Waals surface area contributed by atoms with Crippen LogP contribution in [0.4, 0.5) is 0 Å². The Morgan fingerprint density at radius 1 is 0.864 bits per heavy atom. The molecule has 130 valence electrons. The molecule has 2 aliphatic heterocycles. The molecule has 0 aromatic carbocycles. The third-order valence-electron chi connectivity index (χ3n) is 3.77. The van der Waals surface area contributed by atoms with E-state index in [9.17, 15) is 35.7 Å². The van der Waals surface area contributed by atoms with Gasteiger partial charge in [-0.15, -0.1) is 0 Å². The van der Waals surface area contributed by atoms with E-state index in [0.29, 0.717) is 0 Å². The lowest BCUT2D eigenvalue weighted by molar-refractivity contribution is -0.402. The maximum Gasteiger partial charge on any atom is 0.224 e. The van der Waals surface area contributed by atoms with Crippen molar-refractivity contribution in [2.45, 2.75) is 55.0 Å². The predicted octanol–water partition coefficient (Wildman–Crippen LogP) is -5.44. The van der Waals surface area contributed by atoms with Crippen LogP contribution in [0.1, 0.15) is 0 Å². The van der Waals surface area contributed by atoms with E-state index in [-0.39, 0.29) is 0 Å². The van der Waals surface area contributed by atoms with Crippen molar-refractivity contribution in [3.05, 3.63) is 0 Å². The van der Waals surface area contributed by atoms with Crippen LogP contribution in [0.25, 0.3) is 0 Å². The average molecular weight is 328 g/mol. The Morgan fingerprint density at radius 2 is 1.50 bits per heavy atom. The third kappa shape index (κ3) is 2.86. The highest BCUT2D eigenvalue weighted by molar-refractivity contribution is 4.97. The number of aliphatic hydroxyl groups excluding tert-OH is 8. The fourth-order valence-electron chi connectivity index (χ4n) is 2.39. The van der Waals surface area contributed by atoms with Gasteiger partial charge in [0.1, 0.15) is 43.2 Å².